The number of carbonyl (C=O) groups excluding carboxylic acids is 1. The molecular formula is C22H26FN3O. The van der Waals surface area contributed by atoms with Crippen molar-refractivity contribution in [1.82, 2.24) is 14.9 Å². The maximum Gasteiger partial charge on any atom is 0.225 e. The van der Waals surface area contributed by atoms with Crippen molar-refractivity contribution in [3.63, 3.8) is 0 Å². The molecule has 0 unspecified atom stereocenters. The van der Waals surface area contributed by atoms with Crippen molar-refractivity contribution in [2.75, 3.05) is 13.1 Å². The molecule has 4 rings (SSSR count). The summed E-state index contributed by atoms with van der Waals surface area (Å²) in [7, 11) is 0. The minimum absolute atomic E-state index is 0.214. The van der Waals surface area contributed by atoms with E-state index >= 15 is 0 Å². The molecule has 4 nitrogen and oxygen atoms in total. The number of nitrogens with zero attached hydrogens (tertiary/aromatic N) is 3. The van der Waals surface area contributed by atoms with Gasteiger partial charge in [0.15, 0.2) is 5.82 Å². The zero-order valence-corrected chi connectivity index (χ0v) is 15.6. The quantitative estimate of drug-likeness (QED) is 0.798. The van der Waals surface area contributed by atoms with Crippen LogP contribution >= 0.6 is 0 Å². The topological polar surface area (TPSA) is 46.1 Å². The van der Waals surface area contributed by atoms with Crippen LogP contribution in [0.5, 0.6) is 0 Å². The third-order valence-electron chi connectivity index (χ3n) is 5.87. The summed E-state index contributed by atoms with van der Waals surface area (Å²) in [4.78, 5) is 24.0. The van der Waals surface area contributed by atoms with E-state index in [0.717, 1.165) is 44.5 Å². The van der Waals surface area contributed by atoms with Crippen LogP contribution in [0.1, 0.15) is 56.6 Å². The number of likely N-dealkylation sites (tertiary alicyclic amines) is 1. The van der Waals surface area contributed by atoms with Gasteiger partial charge in [-0.3, -0.25) is 4.79 Å². The van der Waals surface area contributed by atoms with Crippen LogP contribution in [0.15, 0.2) is 36.5 Å². The molecule has 0 bridgehead atoms. The second kappa shape index (κ2) is 8.15. The Morgan fingerprint density at radius 1 is 1.07 bits per heavy atom. The van der Waals surface area contributed by atoms with Gasteiger partial charge in [-0.2, -0.15) is 0 Å². The number of hydrogen-bond acceptors (Lipinski definition) is 3. The second-order valence-electron chi connectivity index (χ2n) is 7.77. The second-order valence-corrected chi connectivity index (χ2v) is 7.77. The average molecular weight is 367 g/mol. The van der Waals surface area contributed by atoms with Gasteiger partial charge in [-0.25, -0.2) is 14.4 Å². The number of carbonyl (C=O) groups is 1. The summed E-state index contributed by atoms with van der Waals surface area (Å²) in [6.07, 6.45) is 9.46. The van der Waals surface area contributed by atoms with Gasteiger partial charge in [0.25, 0.3) is 0 Å². The van der Waals surface area contributed by atoms with Crippen LogP contribution in [0.25, 0.3) is 11.4 Å². The lowest BCUT2D eigenvalue weighted by atomic mass is 9.87. The molecular weight excluding hydrogens is 341 g/mol. The van der Waals surface area contributed by atoms with Gasteiger partial charge in [-0.05, 0) is 43.9 Å². The van der Waals surface area contributed by atoms with E-state index < -0.39 is 0 Å². The molecule has 1 aliphatic carbocycles. The van der Waals surface area contributed by atoms with Gasteiger partial charge in [-0.15, -0.1) is 0 Å². The molecule has 1 aromatic carbocycles. The van der Waals surface area contributed by atoms with Crippen molar-refractivity contribution in [3.8, 4) is 11.4 Å². The number of benzene rings is 1. The molecule has 1 aromatic heterocycles. The molecule has 1 amide bonds. The SMILES string of the molecule is O=C(C1CCCCC1)N1CCC[C@H](c2ccnc(-c3cccc(F)c3)n2)C1. The van der Waals surface area contributed by atoms with E-state index in [9.17, 15) is 9.18 Å². The van der Waals surface area contributed by atoms with Crippen molar-refractivity contribution in [2.24, 2.45) is 5.92 Å². The highest BCUT2D eigenvalue weighted by Crippen LogP contribution is 2.31. The van der Waals surface area contributed by atoms with Crippen LogP contribution < -0.4 is 0 Å². The molecule has 2 aromatic rings. The van der Waals surface area contributed by atoms with Gasteiger partial charge < -0.3 is 4.90 Å². The van der Waals surface area contributed by atoms with E-state index in [1.165, 1.54) is 31.4 Å². The molecule has 2 fully saturated rings. The Bertz CT molecular complexity index is 804. The predicted molar refractivity (Wildman–Crippen MR) is 103 cm³/mol. The number of piperidine rings is 1. The maximum absolute atomic E-state index is 13.5. The third kappa shape index (κ3) is 4.18. The first kappa shape index (κ1) is 18.1. The Morgan fingerprint density at radius 3 is 2.74 bits per heavy atom. The van der Waals surface area contributed by atoms with Crippen molar-refractivity contribution in [1.29, 1.82) is 0 Å². The molecule has 0 spiro atoms. The van der Waals surface area contributed by atoms with E-state index in [2.05, 4.69) is 4.98 Å². The predicted octanol–water partition coefficient (Wildman–Crippen LogP) is 4.57. The number of aromatic nitrogens is 2. The lowest BCUT2D eigenvalue weighted by molar-refractivity contribution is -0.137. The van der Waals surface area contributed by atoms with Crippen molar-refractivity contribution in [2.45, 2.75) is 50.9 Å². The van der Waals surface area contributed by atoms with Crippen LogP contribution in [-0.2, 0) is 4.79 Å². The maximum atomic E-state index is 13.5. The molecule has 1 saturated carbocycles. The van der Waals surface area contributed by atoms with E-state index in [0.29, 0.717) is 17.3 Å². The first-order valence-corrected chi connectivity index (χ1v) is 10.1. The summed E-state index contributed by atoms with van der Waals surface area (Å²) in [6, 6.07) is 8.30. The fourth-order valence-corrected chi connectivity index (χ4v) is 4.39. The Hall–Kier alpha value is -2.30. The summed E-state index contributed by atoms with van der Waals surface area (Å²) in [5, 5.41) is 0. The lowest BCUT2D eigenvalue weighted by Crippen LogP contribution is -2.43. The van der Waals surface area contributed by atoms with E-state index in [1.54, 1.807) is 12.3 Å². The highest BCUT2D eigenvalue weighted by Gasteiger charge is 2.30. The molecule has 27 heavy (non-hydrogen) atoms. The standard InChI is InChI=1S/C22H26FN3O/c23-19-10-4-8-17(14-19)21-24-12-11-20(25-21)18-9-5-13-26(15-18)22(27)16-6-2-1-3-7-16/h4,8,10-12,14,16,18H,1-3,5-7,9,13,15H2/t18-/m0/s1. The van der Waals surface area contributed by atoms with Gasteiger partial charge in [-0.1, -0.05) is 31.4 Å². The Morgan fingerprint density at radius 2 is 1.93 bits per heavy atom. The van der Waals surface area contributed by atoms with Crippen LogP contribution in [0.2, 0.25) is 0 Å². The number of halogens is 1. The highest BCUT2D eigenvalue weighted by molar-refractivity contribution is 5.79. The third-order valence-corrected chi connectivity index (χ3v) is 5.87. The van der Waals surface area contributed by atoms with E-state index in [-0.39, 0.29) is 17.7 Å². The molecule has 2 heterocycles. The first-order chi connectivity index (χ1) is 13.2. The molecule has 1 aliphatic heterocycles. The zero-order valence-electron chi connectivity index (χ0n) is 15.6. The summed E-state index contributed by atoms with van der Waals surface area (Å²) < 4.78 is 13.5. The van der Waals surface area contributed by atoms with Gasteiger partial charge in [0.2, 0.25) is 5.91 Å². The monoisotopic (exact) mass is 367 g/mol. The summed E-state index contributed by atoms with van der Waals surface area (Å²) in [5.41, 5.74) is 1.63. The van der Waals surface area contributed by atoms with Gasteiger partial charge in [0.05, 0.1) is 0 Å². The minimum Gasteiger partial charge on any atom is -0.342 e. The Labute approximate surface area is 159 Å². The Kier molecular flexibility index (Phi) is 5.46. The molecule has 142 valence electrons. The average Bonchev–Trinajstić information content (AvgIpc) is 2.74. The number of rotatable bonds is 3. The number of amides is 1. The molecule has 2 aliphatic rings. The minimum atomic E-state index is -0.288. The van der Waals surface area contributed by atoms with Crippen LogP contribution in [0.4, 0.5) is 4.39 Å². The van der Waals surface area contributed by atoms with Crippen molar-refractivity contribution < 1.29 is 9.18 Å². The van der Waals surface area contributed by atoms with Crippen LogP contribution in [0.3, 0.4) is 0 Å². The van der Waals surface area contributed by atoms with E-state index in [4.69, 9.17) is 4.98 Å². The Balaban J connectivity index is 1.49. The summed E-state index contributed by atoms with van der Waals surface area (Å²) in [6.45, 7) is 1.59. The molecule has 5 heteroatoms. The first-order valence-electron chi connectivity index (χ1n) is 10.1. The van der Waals surface area contributed by atoms with Gasteiger partial charge >= 0.3 is 0 Å². The van der Waals surface area contributed by atoms with Crippen LogP contribution in [0, 0.1) is 11.7 Å². The summed E-state index contributed by atoms with van der Waals surface area (Å²) >= 11 is 0. The van der Waals surface area contributed by atoms with Gasteiger partial charge in [0, 0.05) is 42.4 Å². The normalized spacial score (nSPS) is 21.2. The fraction of sp³-hybridized carbons (Fsp3) is 0.500. The fourth-order valence-electron chi connectivity index (χ4n) is 4.39. The smallest absolute Gasteiger partial charge is 0.225 e. The summed E-state index contributed by atoms with van der Waals surface area (Å²) in [5.74, 6) is 1.03. The largest absolute Gasteiger partial charge is 0.342 e. The van der Waals surface area contributed by atoms with Crippen molar-refractivity contribution in [3.05, 3.63) is 48.0 Å². The van der Waals surface area contributed by atoms with Crippen LogP contribution in [-0.4, -0.2) is 33.9 Å². The lowest BCUT2D eigenvalue weighted by Gasteiger charge is -2.35. The highest BCUT2D eigenvalue weighted by atomic mass is 19.1. The molecule has 0 N–H and O–H groups in total. The van der Waals surface area contributed by atoms with E-state index in [1.807, 2.05) is 17.0 Å². The number of hydrogen-bond donors (Lipinski definition) is 0. The van der Waals surface area contributed by atoms with Crippen molar-refractivity contribution >= 4 is 5.91 Å². The molecule has 0 radical (unpaired) electrons. The molecule has 1 atom stereocenters. The zero-order chi connectivity index (χ0) is 18.6. The molecule has 1 saturated heterocycles. The van der Waals surface area contributed by atoms with Gasteiger partial charge in [0.1, 0.15) is 5.82 Å².